The first-order valence-electron chi connectivity index (χ1n) is 5.73. The summed E-state index contributed by atoms with van der Waals surface area (Å²) in [6, 6.07) is 11.3. The van der Waals surface area contributed by atoms with E-state index in [9.17, 15) is 5.11 Å². The van der Waals surface area contributed by atoms with Gasteiger partial charge < -0.3 is 14.8 Å². The van der Waals surface area contributed by atoms with Crippen molar-refractivity contribution in [2.24, 2.45) is 0 Å². The van der Waals surface area contributed by atoms with Gasteiger partial charge in [0.15, 0.2) is 0 Å². The molecule has 17 heavy (non-hydrogen) atoms. The molecule has 3 heteroatoms. The summed E-state index contributed by atoms with van der Waals surface area (Å²) in [4.78, 5) is 0. The molecule has 0 saturated carbocycles. The molecule has 0 radical (unpaired) electrons. The molecule has 0 bridgehead atoms. The fourth-order valence-electron chi connectivity index (χ4n) is 1.67. The average molecular weight is 231 g/mol. The second kappa shape index (κ2) is 5.06. The molecule has 0 aliphatic carbocycles. The van der Waals surface area contributed by atoms with Gasteiger partial charge in [0.2, 0.25) is 0 Å². The van der Waals surface area contributed by atoms with Crippen LogP contribution in [-0.2, 0) is 6.54 Å². The number of aromatic hydroxyl groups is 1. The van der Waals surface area contributed by atoms with Gasteiger partial charge in [-0.15, -0.1) is 0 Å². The molecule has 1 atom stereocenters. The minimum atomic E-state index is 0.178. The molecule has 0 aliphatic heterocycles. The fraction of sp³-hybridized carbons (Fsp3) is 0.286. The topological polar surface area (TPSA) is 45.4 Å². The van der Waals surface area contributed by atoms with Gasteiger partial charge in [-0.25, -0.2) is 0 Å². The van der Waals surface area contributed by atoms with E-state index >= 15 is 0 Å². The number of furan rings is 1. The molecule has 2 N–H and O–H groups in total. The lowest BCUT2D eigenvalue weighted by molar-refractivity contribution is 0.415. The molecule has 1 heterocycles. The van der Waals surface area contributed by atoms with Crippen molar-refractivity contribution in [2.75, 3.05) is 0 Å². The zero-order valence-electron chi connectivity index (χ0n) is 10.1. The molecule has 2 aromatic rings. The van der Waals surface area contributed by atoms with E-state index in [0.29, 0.717) is 5.75 Å². The van der Waals surface area contributed by atoms with E-state index in [2.05, 4.69) is 12.2 Å². The van der Waals surface area contributed by atoms with Crippen molar-refractivity contribution in [1.29, 1.82) is 0 Å². The summed E-state index contributed by atoms with van der Waals surface area (Å²) in [7, 11) is 0. The Morgan fingerprint density at radius 2 is 1.88 bits per heavy atom. The molecule has 0 aliphatic rings. The zero-order valence-corrected chi connectivity index (χ0v) is 10.1. The highest BCUT2D eigenvalue weighted by molar-refractivity contribution is 5.25. The van der Waals surface area contributed by atoms with E-state index in [1.807, 2.05) is 31.2 Å². The normalized spacial score (nSPS) is 12.6. The van der Waals surface area contributed by atoms with Crippen LogP contribution in [0, 0.1) is 6.92 Å². The molecule has 0 fully saturated rings. The van der Waals surface area contributed by atoms with Crippen molar-refractivity contribution in [1.82, 2.24) is 5.32 Å². The van der Waals surface area contributed by atoms with Crippen molar-refractivity contribution in [3.8, 4) is 5.75 Å². The standard InChI is InChI=1S/C14H17NO2/c1-10-3-8-14(17-10)11(2)15-9-12-4-6-13(16)7-5-12/h3-8,11,15-16H,9H2,1-2H3. The van der Waals surface area contributed by atoms with Crippen molar-refractivity contribution in [2.45, 2.75) is 26.4 Å². The Balaban J connectivity index is 1.92. The number of phenolic OH excluding ortho intramolecular Hbond substituents is 1. The van der Waals surface area contributed by atoms with Gasteiger partial charge >= 0.3 is 0 Å². The van der Waals surface area contributed by atoms with Gasteiger partial charge in [-0.2, -0.15) is 0 Å². The number of phenols is 1. The maximum atomic E-state index is 9.18. The van der Waals surface area contributed by atoms with Crippen LogP contribution in [0.1, 0.15) is 30.0 Å². The van der Waals surface area contributed by atoms with E-state index in [0.717, 1.165) is 23.6 Å². The molecule has 0 spiro atoms. The van der Waals surface area contributed by atoms with Crippen LogP contribution in [0.3, 0.4) is 0 Å². The van der Waals surface area contributed by atoms with Crippen LogP contribution in [0.2, 0.25) is 0 Å². The lowest BCUT2D eigenvalue weighted by Gasteiger charge is -2.11. The molecule has 1 unspecified atom stereocenters. The summed E-state index contributed by atoms with van der Waals surface area (Å²) in [5.74, 6) is 2.17. The first kappa shape index (κ1) is 11.7. The summed E-state index contributed by atoms with van der Waals surface area (Å²) in [5, 5.41) is 12.6. The number of benzene rings is 1. The van der Waals surface area contributed by atoms with Crippen molar-refractivity contribution in [3.63, 3.8) is 0 Å². The molecule has 0 amide bonds. The summed E-state index contributed by atoms with van der Waals surface area (Å²) < 4.78 is 5.55. The predicted molar refractivity (Wildman–Crippen MR) is 66.8 cm³/mol. The van der Waals surface area contributed by atoms with Crippen LogP contribution in [0.5, 0.6) is 5.75 Å². The van der Waals surface area contributed by atoms with Crippen molar-refractivity contribution >= 4 is 0 Å². The highest BCUT2D eigenvalue weighted by Gasteiger charge is 2.08. The van der Waals surface area contributed by atoms with E-state index < -0.39 is 0 Å². The Morgan fingerprint density at radius 3 is 2.47 bits per heavy atom. The SMILES string of the molecule is Cc1ccc(C(C)NCc2ccc(O)cc2)o1. The van der Waals surface area contributed by atoms with Crippen LogP contribution >= 0.6 is 0 Å². The van der Waals surface area contributed by atoms with Gasteiger partial charge in [0.25, 0.3) is 0 Å². The first-order valence-corrected chi connectivity index (χ1v) is 5.73. The Labute approximate surface area is 101 Å². The molecule has 1 aromatic carbocycles. The molecule has 90 valence electrons. The maximum Gasteiger partial charge on any atom is 0.120 e. The highest BCUT2D eigenvalue weighted by Crippen LogP contribution is 2.16. The quantitative estimate of drug-likeness (QED) is 0.849. The molecule has 1 aromatic heterocycles. The smallest absolute Gasteiger partial charge is 0.120 e. The Morgan fingerprint density at radius 1 is 1.18 bits per heavy atom. The second-order valence-electron chi connectivity index (χ2n) is 4.22. The van der Waals surface area contributed by atoms with E-state index in [4.69, 9.17) is 4.42 Å². The minimum absolute atomic E-state index is 0.178. The highest BCUT2D eigenvalue weighted by atomic mass is 16.3. The Kier molecular flexibility index (Phi) is 3.49. The van der Waals surface area contributed by atoms with E-state index in [1.54, 1.807) is 12.1 Å². The van der Waals surface area contributed by atoms with Crippen LogP contribution < -0.4 is 5.32 Å². The molecular formula is C14H17NO2. The molecule has 0 saturated heterocycles. The van der Waals surface area contributed by atoms with Gasteiger partial charge in [-0.1, -0.05) is 12.1 Å². The Hall–Kier alpha value is -1.74. The summed E-state index contributed by atoms with van der Waals surface area (Å²) >= 11 is 0. The second-order valence-corrected chi connectivity index (χ2v) is 4.22. The molecular weight excluding hydrogens is 214 g/mol. The largest absolute Gasteiger partial charge is 0.508 e. The van der Waals surface area contributed by atoms with Crippen LogP contribution in [0.4, 0.5) is 0 Å². The van der Waals surface area contributed by atoms with Gasteiger partial charge in [0.1, 0.15) is 17.3 Å². The summed E-state index contributed by atoms with van der Waals surface area (Å²) in [6.07, 6.45) is 0. The van der Waals surface area contributed by atoms with Crippen LogP contribution in [-0.4, -0.2) is 5.11 Å². The van der Waals surface area contributed by atoms with Gasteiger partial charge in [-0.05, 0) is 43.7 Å². The number of rotatable bonds is 4. The third-order valence-corrected chi connectivity index (χ3v) is 2.74. The zero-order chi connectivity index (χ0) is 12.3. The lowest BCUT2D eigenvalue weighted by atomic mass is 10.2. The molecule has 3 nitrogen and oxygen atoms in total. The number of hydrogen-bond acceptors (Lipinski definition) is 3. The third-order valence-electron chi connectivity index (χ3n) is 2.74. The van der Waals surface area contributed by atoms with E-state index in [1.165, 1.54) is 0 Å². The fourth-order valence-corrected chi connectivity index (χ4v) is 1.67. The molecule has 2 rings (SSSR count). The maximum absolute atomic E-state index is 9.18. The van der Waals surface area contributed by atoms with Gasteiger partial charge in [0.05, 0.1) is 6.04 Å². The summed E-state index contributed by atoms with van der Waals surface area (Å²) in [6.45, 7) is 4.76. The number of hydrogen-bond donors (Lipinski definition) is 2. The average Bonchev–Trinajstić information content (AvgIpc) is 2.75. The predicted octanol–water partition coefficient (Wildman–Crippen LogP) is 3.14. The van der Waals surface area contributed by atoms with Crippen LogP contribution in [0.25, 0.3) is 0 Å². The number of nitrogens with one attached hydrogen (secondary N) is 1. The summed E-state index contributed by atoms with van der Waals surface area (Å²) in [5.41, 5.74) is 1.14. The van der Waals surface area contributed by atoms with Crippen molar-refractivity contribution in [3.05, 3.63) is 53.5 Å². The van der Waals surface area contributed by atoms with Gasteiger partial charge in [-0.3, -0.25) is 0 Å². The van der Waals surface area contributed by atoms with E-state index in [-0.39, 0.29) is 6.04 Å². The lowest BCUT2D eigenvalue weighted by Crippen LogP contribution is -2.17. The number of aryl methyl sites for hydroxylation is 1. The van der Waals surface area contributed by atoms with Gasteiger partial charge in [0, 0.05) is 6.54 Å². The Bertz CT molecular complexity index is 473. The first-order chi connectivity index (χ1) is 8.15. The van der Waals surface area contributed by atoms with Crippen LogP contribution in [0.15, 0.2) is 40.8 Å². The monoisotopic (exact) mass is 231 g/mol. The third kappa shape index (κ3) is 3.11. The van der Waals surface area contributed by atoms with Crippen molar-refractivity contribution < 1.29 is 9.52 Å². The minimum Gasteiger partial charge on any atom is -0.508 e.